The number of benzene rings is 2. The minimum absolute atomic E-state index is 0.0238. The summed E-state index contributed by atoms with van der Waals surface area (Å²) in [6.45, 7) is 1.65. The second-order valence-electron chi connectivity index (χ2n) is 6.42. The van der Waals surface area contributed by atoms with E-state index in [1.165, 1.54) is 42.5 Å². The van der Waals surface area contributed by atoms with Gasteiger partial charge in [-0.1, -0.05) is 24.3 Å². The predicted octanol–water partition coefficient (Wildman–Crippen LogP) is 1.72. The number of hydrogen-bond acceptors (Lipinski definition) is 6. The van der Waals surface area contributed by atoms with E-state index < -0.39 is 35.6 Å². The fraction of sp³-hybridized carbons (Fsp3) is 0.0556. The highest BCUT2D eigenvalue weighted by Gasteiger charge is 2.18. The summed E-state index contributed by atoms with van der Waals surface area (Å²) >= 11 is 0. The number of nitrogens with one attached hydrogen (secondary N) is 1. The fourth-order valence-corrected chi connectivity index (χ4v) is 4.24. The highest BCUT2D eigenvalue weighted by Crippen LogP contribution is 2.25. The van der Waals surface area contributed by atoms with Crippen LogP contribution in [0, 0.1) is 6.92 Å². The molecule has 158 valence electrons. The van der Waals surface area contributed by atoms with Crippen molar-refractivity contribution < 1.29 is 25.9 Å². The molecule has 3 rings (SSSR count). The van der Waals surface area contributed by atoms with Gasteiger partial charge in [0.2, 0.25) is 0 Å². The molecule has 0 unspecified atom stereocenters. The molecule has 2 aromatic carbocycles. The van der Waals surface area contributed by atoms with Crippen LogP contribution in [0.4, 0.5) is 5.69 Å². The molecule has 0 fully saturated rings. The Hall–Kier alpha value is -3.19. The lowest BCUT2D eigenvalue weighted by molar-refractivity contribution is 0.480. The van der Waals surface area contributed by atoms with E-state index in [1.807, 2.05) is 0 Å². The third kappa shape index (κ3) is 4.52. The average Bonchev–Trinajstić information content (AvgIpc) is 2.97. The van der Waals surface area contributed by atoms with Crippen molar-refractivity contribution in [2.75, 3.05) is 5.73 Å². The van der Waals surface area contributed by atoms with Crippen LogP contribution in [-0.4, -0.2) is 35.7 Å². The molecule has 0 aliphatic rings. The van der Waals surface area contributed by atoms with Gasteiger partial charge in [-0.25, -0.2) is 4.68 Å². The Labute approximate surface area is 171 Å². The summed E-state index contributed by atoms with van der Waals surface area (Å²) in [6.07, 6.45) is 2.49. The van der Waals surface area contributed by atoms with Crippen LogP contribution in [0.2, 0.25) is 0 Å². The molecule has 10 nitrogen and oxygen atoms in total. The van der Waals surface area contributed by atoms with E-state index >= 15 is 0 Å². The lowest BCUT2D eigenvalue weighted by Gasteiger charge is -2.08. The maximum absolute atomic E-state index is 12.0. The van der Waals surface area contributed by atoms with Gasteiger partial charge >= 0.3 is 0 Å². The Kier molecular flexibility index (Phi) is 5.43. The van der Waals surface area contributed by atoms with Crippen molar-refractivity contribution in [1.29, 1.82) is 0 Å². The first-order chi connectivity index (χ1) is 13.9. The van der Waals surface area contributed by atoms with Crippen LogP contribution in [0.25, 0.3) is 17.8 Å². The molecule has 1 aromatic heterocycles. The molecule has 5 N–H and O–H groups in total. The molecular formula is C18H17N3O7S2. The van der Waals surface area contributed by atoms with Crippen LogP contribution < -0.4 is 11.3 Å². The number of aryl methyl sites for hydroxylation is 1. The van der Waals surface area contributed by atoms with Crippen LogP contribution in [0.1, 0.15) is 16.8 Å². The summed E-state index contributed by atoms with van der Waals surface area (Å²) in [5.74, 6) is 0. The number of aromatic amines is 1. The Bertz CT molecular complexity index is 1430. The number of hydrogen-bond donors (Lipinski definition) is 4. The normalized spacial score (nSPS) is 12.5. The first-order valence-electron chi connectivity index (χ1n) is 8.32. The molecular weight excluding hydrogens is 434 g/mol. The molecule has 3 aromatic rings. The number of nitrogens with two attached hydrogens (primary N) is 1. The van der Waals surface area contributed by atoms with Gasteiger partial charge in [-0.3, -0.25) is 19.0 Å². The predicted molar refractivity (Wildman–Crippen MR) is 111 cm³/mol. The molecule has 30 heavy (non-hydrogen) atoms. The average molecular weight is 451 g/mol. The van der Waals surface area contributed by atoms with Crippen molar-refractivity contribution in [2.24, 2.45) is 0 Å². The maximum atomic E-state index is 12.0. The Balaban J connectivity index is 2.14. The quantitative estimate of drug-likeness (QED) is 0.258. The van der Waals surface area contributed by atoms with Gasteiger partial charge in [0.25, 0.3) is 25.8 Å². The first kappa shape index (κ1) is 21.5. The summed E-state index contributed by atoms with van der Waals surface area (Å²) in [4.78, 5) is 11.0. The van der Waals surface area contributed by atoms with Crippen molar-refractivity contribution in [3.8, 4) is 5.69 Å². The van der Waals surface area contributed by atoms with E-state index in [2.05, 4.69) is 5.10 Å². The van der Waals surface area contributed by atoms with Gasteiger partial charge in [-0.2, -0.15) is 16.8 Å². The number of nitrogen functional groups attached to an aromatic ring is 1. The van der Waals surface area contributed by atoms with E-state index in [-0.39, 0.29) is 22.5 Å². The number of anilines is 1. The van der Waals surface area contributed by atoms with Gasteiger partial charge in [0.05, 0.1) is 5.69 Å². The van der Waals surface area contributed by atoms with Gasteiger partial charge in [0.1, 0.15) is 9.79 Å². The van der Waals surface area contributed by atoms with E-state index in [1.54, 1.807) is 6.92 Å². The molecule has 0 spiro atoms. The van der Waals surface area contributed by atoms with Crippen LogP contribution in [0.5, 0.6) is 0 Å². The van der Waals surface area contributed by atoms with Crippen LogP contribution in [-0.2, 0) is 20.2 Å². The van der Waals surface area contributed by atoms with E-state index in [0.29, 0.717) is 5.69 Å². The van der Waals surface area contributed by atoms with Gasteiger partial charge in [-0.15, -0.1) is 0 Å². The van der Waals surface area contributed by atoms with Crippen molar-refractivity contribution in [1.82, 2.24) is 9.78 Å². The lowest BCUT2D eigenvalue weighted by Crippen LogP contribution is -2.14. The molecule has 0 radical (unpaired) electrons. The van der Waals surface area contributed by atoms with Crippen LogP contribution >= 0.6 is 0 Å². The summed E-state index contributed by atoms with van der Waals surface area (Å²) in [5.41, 5.74) is 6.04. The van der Waals surface area contributed by atoms with E-state index in [9.17, 15) is 30.7 Å². The van der Waals surface area contributed by atoms with Crippen LogP contribution in [0.3, 0.4) is 0 Å². The molecule has 1 heterocycles. The Morgan fingerprint density at radius 3 is 1.93 bits per heavy atom. The zero-order chi connectivity index (χ0) is 22.3. The number of H-pyrrole nitrogens is 1. The summed E-state index contributed by atoms with van der Waals surface area (Å²) in [5, 5.41) is 2.75. The van der Waals surface area contributed by atoms with Gasteiger partial charge in [0, 0.05) is 17.4 Å². The molecule has 12 heteroatoms. The van der Waals surface area contributed by atoms with Crippen LogP contribution in [0.15, 0.2) is 57.1 Å². The van der Waals surface area contributed by atoms with Gasteiger partial charge < -0.3 is 5.73 Å². The topological polar surface area (TPSA) is 173 Å². The zero-order valence-electron chi connectivity index (χ0n) is 15.5. The van der Waals surface area contributed by atoms with Crippen molar-refractivity contribution in [3.63, 3.8) is 0 Å². The molecule has 0 aliphatic heterocycles. The van der Waals surface area contributed by atoms with Crippen molar-refractivity contribution in [2.45, 2.75) is 16.7 Å². The Morgan fingerprint density at radius 2 is 1.43 bits per heavy atom. The van der Waals surface area contributed by atoms with E-state index in [0.717, 1.165) is 16.8 Å². The molecule has 0 bridgehead atoms. The highest BCUT2D eigenvalue weighted by molar-refractivity contribution is 7.86. The molecule has 0 saturated heterocycles. The number of rotatable bonds is 5. The molecule has 0 amide bonds. The minimum Gasteiger partial charge on any atom is -0.399 e. The standard InChI is InChI=1S/C18H17N3O7S2/c1-11-8-18(22)21(20-11)15-7-5-13(17(10-15)30(26,27)28)3-2-12-4-6-14(19)9-16(12)29(23,24)25/h2-10,20H,19H2,1H3,(H,23,24,25)(H,26,27,28). The third-order valence-electron chi connectivity index (χ3n) is 4.14. The summed E-state index contributed by atoms with van der Waals surface area (Å²) < 4.78 is 67.0. The maximum Gasteiger partial charge on any atom is 0.295 e. The largest absolute Gasteiger partial charge is 0.399 e. The first-order valence-corrected chi connectivity index (χ1v) is 11.2. The molecule has 0 atom stereocenters. The van der Waals surface area contributed by atoms with Gasteiger partial charge in [0.15, 0.2) is 0 Å². The van der Waals surface area contributed by atoms with Crippen molar-refractivity contribution in [3.05, 3.63) is 69.6 Å². The number of nitrogens with zero attached hydrogens (tertiary/aromatic N) is 1. The second kappa shape index (κ2) is 7.57. The van der Waals surface area contributed by atoms with E-state index in [4.69, 9.17) is 5.73 Å². The fourth-order valence-electron chi connectivity index (χ4n) is 2.82. The monoisotopic (exact) mass is 451 g/mol. The second-order valence-corrected chi connectivity index (χ2v) is 9.20. The zero-order valence-corrected chi connectivity index (χ0v) is 17.1. The summed E-state index contributed by atoms with van der Waals surface area (Å²) in [6, 6.07) is 8.99. The van der Waals surface area contributed by atoms with Gasteiger partial charge in [-0.05, 0) is 42.3 Å². The van der Waals surface area contributed by atoms with Crippen molar-refractivity contribution >= 4 is 38.1 Å². The SMILES string of the molecule is Cc1cc(=O)n(-c2ccc(C=Cc3ccc(N)cc3S(=O)(=O)O)c(S(=O)(=O)O)c2)[nH]1. The third-order valence-corrected chi connectivity index (χ3v) is 5.96. The lowest BCUT2D eigenvalue weighted by atomic mass is 10.1. The summed E-state index contributed by atoms with van der Waals surface area (Å²) in [7, 11) is -9.27. The smallest absolute Gasteiger partial charge is 0.295 e. The number of aromatic nitrogens is 2. The Morgan fingerprint density at radius 1 is 0.900 bits per heavy atom. The highest BCUT2D eigenvalue weighted by atomic mass is 32.2. The molecule has 0 aliphatic carbocycles. The molecule has 0 saturated carbocycles. The minimum atomic E-state index is -4.69.